The van der Waals surface area contributed by atoms with Gasteiger partial charge in [-0.3, -0.25) is 28.8 Å². The molecule has 11 aliphatic rings. The average molecular weight is 962 g/mol. The number of piperidine rings is 4. The molecule has 6 aliphatic heterocycles. The minimum atomic E-state index is -0.351. The zero-order chi connectivity index (χ0) is 49.0. The first kappa shape index (κ1) is 50.6. The number of amides is 6. The fourth-order valence-electron chi connectivity index (χ4n) is 13.5. The number of nitrogens with zero attached hydrogens (tertiary/aromatic N) is 5. The molecule has 2 spiro atoms. The molecule has 18 heteroatoms. The van der Waals surface area contributed by atoms with Gasteiger partial charge in [0.2, 0.25) is 32.1 Å². The van der Waals surface area contributed by atoms with Crippen molar-refractivity contribution >= 4 is 81.0 Å². The van der Waals surface area contributed by atoms with Gasteiger partial charge in [0.1, 0.15) is 31.4 Å². The third-order valence-electron chi connectivity index (χ3n) is 17.7. The van der Waals surface area contributed by atoms with E-state index in [1.807, 2.05) is 6.07 Å². The van der Waals surface area contributed by atoms with E-state index >= 15 is 0 Å². The quantitative estimate of drug-likeness (QED) is 0.223. The third-order valence-corrected chi connectivity index (χ3v) is 18.0. The molecule has 6 saturated heterocycles. The Morgan fingerprint density at radius 3 is 1.50 bits per heavy atom. The Bertz CT molecular complexity index is 2020. The van der Waals surface area contributed by atoms with Gasteiger partial charge in [0, 0.05) is 44.8 Å². The smallest absolute Gasteiger partial charge is 0.251 e. The van der Waals surface area contributed by atoms with Gasteiger partial charge in [0.15, 0.2) is 0 Å². The number of carbonyl (C=O) groups excluding carboxylic acids is 11. The van der Waals surface area contributed by atoms with E-state index in [1.165, 1.54) is 48.3 Å². The Morgan fingerprint density at radius 1 is 0.574 bits per heavy atom. The van der Waals surface area contributed by atoms with E-state index in [0.717, 1.165) is 76.7 Å². The lowest BCUT2D eigenvalue weighted by molar-refractivity contribution is -0.161. The van der Waals surface area contributed by atoms with Gasteiger partial charge in [-0.1, -0.05) is 44.9 Å². The van der Waals surface area contributed by atoms with Crippen molar-refractivity contribution in [2.75, 3.05) is 39.3 Å². The second kappa shape index (κ2) is 21.1. The van der Waals surface area contributed by atoms with Crippen LogP contribution in [0.4, 0.5) is 0 Å². The van der Waals surface area contributed by atoms with Crippen LogP contribution in [0.15, 0.2) is 30.3 Å². The van der Waals surface area contributed by atoms with Crippen molar-refractivity contribution in [2.45, 2.75) is 107 Å². The molecule has 68 heavy (non-hydrogen) atoms. The van der Waals surface area contributed by atoms with E-state index in [0.29, 0.717) is 97.2 Å². The summed E-state index contributed by atoms with van der Waals surface area (Å²) in [6.07, 6.45) is 18.3. The van der Waals surface area contributed by atoms with Crippen molar-refractivity contribution in [1.29, 1.82) is 0 Å². The molecule has 6 heterocycles. The molecule has 1 aromatic rings. The van der Waals surface area contributed by atoms with E-state index in [9.17, 15) is 52.7 Å². The summed E-state index contributed by atoms with van der Waals surface area (Å²) in [4.78, 5) is 126. The number of nitrogens with one attached hydrogen (secondary N) is 1. The number of carbonyl (C=O) groups is 11. The highest BCUT2D eigenvalue weighted by Crippen LogP contribution is 2.78. The first-order valence-corrected chi connectivity index (χ1v) is 24.5. The maximum absolute atomic E-state index is 11.8. The second-order valence-corrected chi connectivity index (χ2v) is 21.7. The van der Waals surface area contributed by atoms with E-state index in [2.05, 4.69) is 19.2 Å². The predicted molar refractivity (Wildman–Crippen MR) is 246 cm³/mol. The highest BCUT2D eigenvalue weighted by atomic mass is 35.5. The number of halogens is 1. The molecule has 11 fully saturated rings. The molecule has 1 N–H and O–H groups in total. The lowest BCUT2D eigenvalue weighted by Crippen LogP contribution is -2.65. The Hall–Kier alpha value is -5.32. The minimum absolute atomic E-state index is 0.0552. The summed E-state index contributed by atoms with van der Waals surface area (Å²) in [5, 5.41) is 2.78. The first-order valence-electron chi connectivity index (χ1n) is 24.1. The van der Waals surface area contributed by atoms with E-state index in [1.54, 1.807) is 39.0 Å². The fraction of sp³-hybridized carbons (Fsp3) is 0.660. The molecule has 0 radical (unpaired) electrons. The Labute approximate surface area is 402 Å². The lowest BCUT2D eigenvalue weighted by Gasteiger charge is -2.61. The summed E-state index contributed by atoms with van der Waals surface area (Å²) in [6, 6.07) is 7.96. The molecule has 5 aliphatic carbocycles. The van der Waals surface area contributed by atoms with Crippen molar-refractivity contribution < 1.29 is 52.7 Å². The summed E-state index contributed by atoms with van der Waals surface area (Å²) >= 11 is 5.70. The lowest BCUT2D eigenvalue weighted by atomic mass is 9.50. The van der Waals surface area contributed by atoms with Crippen LogP contribution >= 0.6 is 11.6 Å². The fourth-order valence-corrected chi connectivity index (χ4v) is 13.8. The van der Waals surface area contributed by atoms with Gasteiger partial charge in [-0.05, 0) is 115 Å². The van der Waals surface area contributed by atoms with Gasteiger partial charge in [-0.2, -0.15) is 0 Å². The number of benzene rings is 1. The van der Waals surface area contributed by atoms with Crippen LogP contribution in [-0.2, 0) is 47.9 Å². The molecule has 2 bridgehead atoms. The van der Waals surface area contributed by atoms with Crippen molar-refractivity contribution in [3.05, 3.63) is 35.9 Å². The number of rotatable bonds is 13. The van der Waals surface area contributed by atoms with Gasteiger partial charge >= 0.3 is 0 Å². The van der Waals surface area contributed by atoms with Crippen molar-refractivity contribution in [3.63, 3.8) is 0 Å². The molecule has 6 amide bonds. The molecule has 1 aromatic carbocycles. The number of hydrogen-bond acceptors (Lipinski definition) is 11. The second-order valence-electron chi connectivity index (χ2n) is 21.1. The van der Waals surface area contributed by atoms with Crippen LogP contribution in [0.1, 0.15) is 82.0 Å². The molecule has 2 unspecified atom stereocenters. The van der Waals surface area contributed by atoms with Crippen molar-refractivity contribution in [1.82, 2.24) is 29.8 Å². The minimum Gasteiger partial charge on any atom is -0.352 e. The largest absolute Gasteiger partial charge is 0.352 e. The average Bonchev–Trinajstić information content (AvgIpc) is 3.99. The monoisotopic (exact) mass is 960 g/mol. The number of hydrogen-bond donors (Lipinski definition) is 1. The van der Waals surface area contributed by atoms with Gasteiger partial charge in [0.05, 0.1) is 35.6 Å². The Kier molecular flexibility index (Phi) is 15.7. The maximum atomic E-state index is 11.8. The Morgan fingerprint density at radius 2 is 1.06 bits per heavy atom. The number of alkyl halides is 1. The van der Waals surface area contributed by atoms with Crippen LogP contribution in [-0.4, -0.2) is 169 Å². The molecule has 13 atom stereocenters. The first-order chi connectivity index (χ1) is 32.8. The van der Waals surface area contributed by atoms with Crippen LogP contribution in [0.25, 0.3) is 0 Å². The normalized spacial score (nSPS) is 35.5. The maximum Gasteiger partial charge on any atom is 0.251 e. The number of likely N-dealkylation sites (tertiary alicyclic amines) is 4. The van der Waals surface area contributed by atoms with E-state index in [4.69, 9.17) is 11.6 Å². The zero-order valence-corrected chi connectivity index (χ0v) is 39.6. The van der Waals surface area contributed by atoms with E-state index in [-0.39, 0.29) is 52.8 Å². The number of aldehydes is 5. The zero-order valence-electron chi connectivity index (χ0n) is 38.9. The number of fused-ring (bicyclic) bond motifs is 8. The summed E-state index contributed by atoms with van der Waals surface area (Å²) in [6.45, 7) is 8.30. The highest BCUT2D eigenvalue weighted by molar-refractivity contribution is 6.21. The van der Waals surface area contributed by atoms with Gasteiger partial charge in [-0.25, -0.2) is 0 Å². The molecule has 12 rings (SSSR count). The molecule has 17 nitrogen and oxygen atoms in total. The molecular weight excluding hydrogens is 896 g/mol. The standard InChI is InChI=1S/C14H16N2O3.C11H15NO2.C10H15NO2.C9H11NO2.C6H8ClNO2/c17-9-13-6-11(8-16(13)10-18)7-15-14(19)12-4-2-1-3-5-12;13-6-9-10-8(5-12(9)7-14)11(10)3-1-2-4-11;1-10(2)7-3-8(10)9(5-12)11(4-7)6-13;11-4-7-8-6(3-10(7)5-12)9(8)1-2-9;7-5-1-6(3-9)8(2-5)4-10/h1-5,9-11,13H,6-8H2,(H,15,19);6-10H,1-5H2;5-9H,3-4H2,1-2H3;4-8H,1-3H2;3-6H,1-2H2/t11-,13-;8-,9+,10-;7?,8?,9-;6-,7+,8-;5-,6+/m00101/s1. The van der Waals surface area contributed by atoms with Gasteiger partial charge in [0.25, 0.3) is 5.91 Å². The molecule has 0 aromatic heterocycles. The predicted octanol–water partition coefficient (Wildman–Crippen LogP) is 2.06. The summed E-state index contributed by atoms with van der Waals surface area (Å²) in [5.41, 5.74) is 1.88. The third kappa shape index (κ3) is 9.65. The van der Waals surface area contributed by atoms with Crippen molar-refractivity contribution in [3.8, 4) is 0 Å². The van der Waals surface area contributed by atoms with Crippen LogP contribution in [0, 0.1) is 57.7 Å². The molecule has 5 saturated carbocycles. The summed E-state index contributed by atoms with van der Waals surface area (Å²) in [7, 11) is 0. The van der Waals surface area contributed by atoms with Crippen LogP contribution in [0.5, 0.6) is 0 Å². The van der Waals surface area contributed by atoms with E-state index < -0.39 is 0 Å². The van der Waals surface area contributed by atoms with Crippen LogP contribution in [0.3, 0.4) is 0 Å². The summed E-state index contributed by atoms with van der Waals surface area (Å²) < 4.78 is 0. The van der Waals surface area contributed by atoms with Gasteiger partial charge in [-0.15, -0.1) is 11.6 Å². The SMILES string of the molecule is CC1(C)C2CC1[C@@H](C=O)N(C=O)C2.O=C[C@@H]1C[C@@H](CNC(=O)c2ccccc2)CN1C=O.O=C[C@@H]1C[C@@H](Cl)CN1C=O.O=C[C@@H]1[C@@H]2[C@H](CN1C=O)C21CC1.O=C[C@@H]1[C@@H]2[C@H](CN1C=O)C21CCCC1. The van der Waals surface area contributed by atoms with Crippen molar-refractivity contribution in [2.24, 2.45) is 57.7 Å². The molecular formula is C50H65ClN6O11. The Balaban J connectivity index is 0.000000128. The van der Waals surface area contributed by atoms with Crippen LogP contribution < -0.4 is 5.32 Å². The highest BCUT2D eigenvalue weighted by Gasteiger charge is 2.77. The summed E-state index contributed by atoms with van der Waals surface area (Å²) in [5.74, 6) is 3.32. The molecule has 368 valence electrons. The topological polar surface area (TPSA) is 216 Å². The van der Waals surface area contributed by atoms with Gasteiger partial charge < -0.3 is 53.8 Å². The van der Waals surface area contributed by atoms with Crippen LogP contribution in [0.2, 0.25) is 0 Å².